The normalized spacial score (nSPS) is 14.1. The highest BCUT2D eigenvalue weighted by atomic mass is 35.5. The number of nitrogen functional groups attached to an aromatic ring is 1. The van der Waals surface area contributed by atoms with Gasteiger partial charge in [-0.25, -0.2) is 0 Å². The highest BCUT2D eigenvalue weighted by Gasteiger charge is 2.17. The number of amides is 2. The molecule has 122 valence electrons. The Kier molecular flexibility index (Phi) is 7.14. The molecule has 0 spiro atoms. The van der Waals surface area contributed by atoms with E-state index in [9.17, 15) is 9.59 Å². The highest BCUT2D eigenvalue weighted by molar-refractivity contribution is 5.94. The molecular weight excluding hydrogens is 306 g/mol. The van der Waals surface area contributed by atoms with Crippen molar-refractivity contribution in [2.24, 2.45) is 0 Å². The van der Waals surface area contributed by atoms with Gasteiger partial charge in [-0.3, -0.25) is 9.59 Å². The van der Waals surface area contributed by atoms with Crippen molar-refractivity contribution in [3.05, 3.63) is 23.8 Å². The van der Waals surface area contributed by atoms with Crippen LogP contribution in [0.4, 0.5) is 11.4 Å². The van der Waals surface area contributed by atoms with E-state index in [1.165, 1.54) is 0 Å². The Labute approximate surface area is 136 Å². The summed E-state index contributed by atoms with van der Waals surface area (Å²) >= 11 is 0. The first-order valence-corrected chi connectivity index (χ1v) is 7.08. The first-order valence-electron chi connectivity index (χ1n) is 7.08. The van der Waals surface area contributed by atoms with Crippen LogP contribution in [0.1, 0.15) is 18.4 Å². The van der Waals surface area contributed by atoms with Crippen LogP contribution >= 0.6 is 12.4 Å². The summed E-state index contributed by atoms with van der Waals surface area (Å²) in [6.45, 7) is 4.25. The Balaban J connectivity index is 0.00000242. The van der Waals surface area contributed by atoms with Crippen molar-refractivity contribution < 1.29 is 14.3 Å². The highest BCUT2D eigenvalue weighted by Crippen LogP contribution is 2.18. The lowest BCUT2D eigenvalue weighted by Crippen LogP contribution is -2.40. The lowest BCUT2D eigenvalue weighted by Gasteiger charge is -2.26. The fraction of sp³-hybridized carbons (Fsp3) is 0.467. The number of benzene rings is 1. The third kappa shape index (κ3) is 5.20. The van der Waals surface area contributed by atoms with Gasteiger partial charge in [-0.1, -0.05) is 6.07 Å². The molecule has 0 atom stereocenters. The molecule has 0 aliphatic carbocycles. The number of nitrogens with one attached hydrogen (secondary N) is 1. The number of nitrogens with two attached hydrogens (primary N) is 1. The van der Waals surface area contributed by atoms with Crippen LogP contribution < -0.4 is 11.1 Å². The van der Waals surface area contributed by atoms with Crippen LogP contribution in [0.3, 0.4) is 0 Å². The van der Waals surface area contributed by atoms with E-state index in [2.05, 4.69) is 5.32 Å². The van der Waals surface area contributed by atoms with Gasteiger partial charge in [0.15, 0.2) is 0 Å². The topological polar surface area (TPSA) is 84.7 Å². The predicted molar refractivity (Wildman–Crippen MR) is 88.1 cm³/mol. The first-order chi connectivity index (χ1) is 10.1. The second-order valence-corrected chi connectivity index (χ2v) is 5.12. The molecule has 3 N–H and O–H groups in total. The fourth-order valence-corrected chi connectivity index (χ4v) is 2.18. The molecular formula is C15H22ClN3O3. The van der Waals surface area contributed by atoms with E-state index in [1.807, 2.05) is 13.0 Å². The molecule has 2 amide bonds. The van der Waals surface area contributed by atoms with Crippen molar-refractivity contribution in [3.63, 3.8) is 0 Å². The SMILES string of the molecule is Cc1ccc(N)cc1NC(=O)CCC(=O)N1CCOCC1.Cl. The number of rotatable bonds is 4. The molecule has 1 aliphatic rings. The van der Waals surface area contributed by atoms with Crippen molar-refractivity contribution in [1.29, 1.82) is 0 Å². The van der Waals surface area contributed by atoms with E-state index in [0.29, 0.717) is 37.7 Å². The van der Waals surface area contributed by atoms with Crippen LogP contribution in [-0.4, -0.2) is 43.0 Å². The lowest BCUT2D eigenvalue weighted by atomic mass is 10.1. The van der Waals surface area contributed by atoms with E-state index < -0.39 is 0 Å². The van der Waals surface area contributed by atoms with Crippen LogP contribution in [0.15, 0.2) is 18.2 Å². The minimum absolute atomic E-state index is 0. The number of carbonyl (C=O) groups is 2. The van der Waals surface area contributed by atoms with Gasteiger partial charge in [-0.2, -0.15) is 0 Å². The molecule has 1 saturated heterocycles. The van der Waals surface area contributed by atoms with Crippen LogP contribution in [0.25, 0.3) is 0 Å². The minimum atomic E-state index is -0.176. The summed E-state index contributed by atoms with van der Waals surface area (Å²) in [4.78, 5) is 25.6. The minimum Gasteiger partial charge on any atom is -0.399 e. The zero-order valence-electron chi connectivity index (χ0n) is 12.6. The molecule has 0 bridgehead atoms. The number of aryl methyl sites for hydroxylation is 1. The summed E-state index contributed by atoms with van der Waals surface area (Å²) in [6.07, 6.45) is 0.387. The summed E-state index contributed by atoms with van der Waals surface area (Å²) < 4.78 is 5.19. The van der Waals surface area contributed by atoms with Crippen LogP contribution in [-0.2, 0) is 14.3 Å². The number of morpholine rings is 1. The first kappa shape index (κ1) is 18.3. The molecule has 1 aliphatic heterocycles. The van der Waals surface area contributed by atoms with E-state index in [0.717, 1.165) is 5.56 Å². The second kappa shape index (κ2) is 8.60. The van der Waals surface area contributed by atoms with Gasteiger partial charge in [-0.05, 0) is 24.6 Å². The maximum atomic E-state index is 11.9. The number of halogens is 1. The second-order valence-electron chi connectivity index (χ2n) is 5.12. The quantitative estimate of drug-likeness (QED) is 0.822. The number of nitrogens with zero attached hydrogens (tertiary/aromatic N) is 1. The molecule has 1 fully saturated rings. The summed E-state index contributed by atoms with van der Waals surface area (Å²) in [5, 5.41) is 2.79. The number of carbonyl (C=O) groups excluding carboxylic acids is 2. The van der Waals surface area contributed by atoms with Gasteiger partial charge < -0.3 is 20.7 Å². The van der Waals surface area contributed by atoms with E-state index in [4.69, 9.17) is 10.5 Å². The van der Waals surface area contributed by atoms with E-state index >= 15 is 0 Å². The Morgan fingerprint density at radius 3 is 2.64 bits per heavy atom. The predicted octanol–water partition coefficient (Wildman–Crippen LogP) is 1.58. The number of hydrogen-bond acceptors (Lipinski definition) is 4. The third-order valence-corrected chi connectivity index (χ3v) is 3.47. The lowest BCUT2D eigenvalue weighted by molar-refractivity contribution is -0.136. The molecule has 0 unspecified atom stereocenters. The molecule has 1 aromatic rings. The Hall–Kier alpha value is -1.79. The smallest absolute Gasteiger partial charge is 0.224 e. The largest absolute Gasteiger partial charge is 0.399 e. The monoisotopic (exact) mass is 327 g/mol. The van der Waals surface area contributed by atoms with Crippen molar-refractivity contribution in [2.45, 2.75) is 19.8 Å². The number of anilines is 2. The number of hydrogen-bond donors (Lipinski definition) is 2. The van der Waals surface area contributed by atoms with Gasteiger partial charge in [0.1, 0.15) is 0 Å². The molecule has 7 heteroatoms. The zero-order valence-corrected chi connectivity index (χ0v) is 13.4. The summed E-state index contributed by atoms with van der Waals surface area (Å²) in [6, 6.07) is 5.35. The zero-order chi connectivity index (χ0) is 15.2. The van der Waals surface area contributed by atoms with Crippen molar-refractivity contribution in [3.8, 4) is 0 Å². The molecule has 0 radical (unpaired) electrons. The van der Waals surface area contributed by atoms with E-state index in [1.54, 1.807) is 17.0 Å². The summed E-state index contributed by atoms with van der Waals surface area (Å²) in [5.74, 6) is -0.178. The van der Waals surface area contributed by atoms with Crippen LogP contribution in [0, 0.1) is 6.92 Å². The van der Waals surface area contributed by atoms with Crippen molar-refractivity contribution >= 4 is 35.6 Å². The molecule has 0 saturated carbocycles. The van der Waals surface area contributed by atoms with Gasteiger partial charge in [0.05, 0.1) is 13.2 Å². The molecule has 2 rings (SSSR count). The van der Waals surface area contributed by atoms with Crippen LogP contribution in [0.5, 0.6) is 0 Å². The Morgan fingerprint density at radius 2 is 1.95 bits per heavy atom. The average Bonchev–Trinajstić information content (AvgIpc) is 2.49. The maximum absolute atomic E-state index is 11.9. The molecule has 22 heavy (non-hydrogen) atoms. The summed E-state index contributed by atoms with van der Waals surface area (Å²) in [7, 11) is 0. The molecule has 1 aromatic carbocycles. The maximum Gasteiger partial charge on any atom is 0.224 e. The van der Waals surface area contributed by atoms with Gasteiger partial charge in [0.25, 0.3) is 0 Å². The number of ether oxygens (including phenoxy) is 1. The molecule has 1 heterocycles. The Morgan fingerprint density at radius 1 is 1.27 bits per heavy atom. The van der Waals surface area contributed by atoms with Crippen LogP contribution in [0.2, 0.25) is 0 Å². The summed E-state index contributed by atoms with van der Waals surface area (Å²) in [5.41, 5.74) is 7.93. The third-order valence-electron chi connectivity index (χ3n) is 3.47. The standard InChI is InChI=1S/C15H21N3O3.ClH/c1-11-2-3-12(16)10-13(11)17-14(19)4-5-15(20)18-6-8-21-9-7-18;/h2-3,10H,4-9,16H2,1H3,(H,17,19);1H. The fourth-order valence-electron chi connectivity index (χ4n) is 2.18. The van der Waals surface area contributed by atoms with Gasteiger partial charge in [0.2, 0.25) is 11.8 Å². The van der Waals surface area contributed by atoms with Gasteiger partial charge in [0, 0.05) is 37.3 Å². The van der Waals surface area contributed by atoms with E-state index in [-0.39, 0.29) is 37.1 Å². The van der Waals surface area contributed by atoms with Gasteiger partial charge in [-0.15, -0.1) is 12.4 Å². The van der Waals surface area contributed by atoms with Crippen molar-refractivity contribution in [1.82, 2.24) is 4.90 Å². The average molecular weight is 328 g/mol. The Bertz CT molecular complexity index is 531. The molecule has 0 aromatic heterocycles. The van der Waals surface area contributed by atoms with Crippen molar-refractivity contribution in [2.75, 3.05) is 37.4 Å². The molecule has 6 nitrogen and oxygen atoms in total. The van der Waals surface area contributed by atoms with Gasteiger partial charge >= 0.3 is 0 Å².